The summed E-state index contributed by atoms with van der Waals surface area (Å²) in [5.41, 5.74) is 2.77. The molecular weight excluding hydrogens is 386 g/mol. The molecule has 1 amide bonds. The number of carbonyl (C=O) groups excluding carboxylic acids is 2. The molecule has 156 valence electrons. The second kappa shape index (κ2) is 9.65. The van der Waals surface area contributed by atoms with E-state index in [0.717, 1.165) is 11.3 Å². The Morgan fingerprint density at radius 1 is 0.967 bits per heavy atom. The van der Waals surface area contributed by atoms with Gasteiger partial charge >= 0.3 is 5.97 Å². The van der Waals surface area contributed by atoms with Gasteiger partial charge in [0.1, 0.15) is 23.9 Å². The number of rotatable bonds is 8. The first-order chi connectivity index (χ1) is 14.4. The Morgan fingerprint density at radius 2 is 1.73 bits per heavy atom. The van der Waals surface area contributed by atoms with E-state index in [4.69, 9.17) is 13.9 Å². The van der Waals surface area contributed by atoms with Crippen LogP contribution >= 0.6 is 0 Å². The van der Waals surface area contributed by atoms with Crippen molar-refractivity contribution >= 4 is 17.6 Å². The lowest BCUT2D eigenvalue weighted by molar-refractivity contribution is -0.142. The number of furan rings is 1. The second-order valence-corrected chi connectivity index (χ2v) is 6.67. The largest absolute Gasteiger partial charge is 0.485 e. The molecule has 3 aromatic rings. The number of anilines is 1. The van der Waals surface area contributed by atoms with Gasteiger partial charge in [-0.2, -0.15) is 0 Å². The van der Waals surface area contributed by atoms with Crippen LogP contribution in [0.2, 0.25) is 0 Å². The molecule has 7 nitrogen and oxygen atoms in total. The number of esters is 1. The number of nitrogens with one attached hydrogen (secondary N) is 1. The zero-order valence-electron chi connectivity index (χ0n) is 17.1. The number of methoxy groups -OCH3 is 1. The topological polar surface area (TPSA) is 87.0 Å². The van der Waals surface area contributed by atoms with Crippen LogP contribution in [0.15, 0.2) is 59.0 Å². The Kier molecular flexibility index (Phi) is 6.75. The molecule has 3 rings (SSSR count). The third-order valence-corrected chi connectivity index (χ3v) is 4.28. The van der Waals surface area contributed by atoms with E-state index in [1.54, 1.807) is 36.4 Å². The predicted octanol–water partition coefficient (Wildman–Crippen LogP) is 4.28. The highest BCUT2D eigenvalue weighted by molar-refractivity contribution is 6.02. The van der Waals surface area contributed by atoms with E-state index in [1.165, 1.54) is 12.7 Å². The van der Waals surface area contributed by atoms with Gasteiger partial charge < -0.3 is 23.9 Å². The second-order valence-electron chi connectivity index (χ2n) is 6.67. The van der Waals surface area contributed by atoms with Crippen molar-refractivity contribution in [3.8, 4) is 11.5 Å². The Bertz CT molecular complexity index is 1020. The predicted molar refractivity (Wildman–Crippen MR) is 111 cm³/mol. The van der Waals surface area contributed by atoms with Gasteiger partial charge in [0.2, 0.25) is 0 Å². The first kappa shape index (κ1) is 21.0. The first-order valence-electron chi connectivity index (χ1n) is 9.34. The van der Waals surface area contributed by atoms with Crippen LogP contribution < -0.4 is 14.8 Å². The molecule has 0 unspecified atom stereocenters. The maximum atomic E-state index is 12.4. The van der Waals surface area contributed by atoms with Crippen LogP contribution in [0.1, 0.15) is 27.4 Å². The highest BCUT2D eigenvalue weighted by Crippen LogP contribution is 2.21. The fourth-order valence-corrected chi connectivity index (χ4v) is 2.72. The molecular formula is C23H23NO6. The molecule has 30 heavy (non-hydrogen) atoms. The van der Waals surface area contributed by atoms with Gasteiger partial charge in [-0.1, -0.05) is 17.7 Å². The summed E-state index contributed by atoms with van der Waals surface area (Å²) in [5, 5.41) is 2.74. The Hall–Kier alpha value is -3.74. The Morgan fingerprint density at radius 3 is 2.43 bits per heavy atom. The third kappa shape index (κ3) is 5.64. The number of hydrogen-bond donors (Lipinski definition) is 1. The van der Waals surface area contributed by atoms with Crippen LogP contribution in [0.4, 0.5) is 5.69 Å². The molecule has 1 aromatic heterocycles. The highest BCUT2D eigenvalue weighted by atomic mass is 16.6. The van der Waals surface area contributed by atoms with E-state index in [9.17, 15) is 9.59 Å². The third-order valence-electron chi connectivity index (χ3n) is 4.28. The van der Waals surface area contributed by atoms with Crippen molar-refractivity contribution in [2.75, 3.05) is 19.0 Å². The molecule has 0 atom stereocenters. The van der Waals surface area contributed by atoms with Crippen molar-refractivity contribution in [2.45, 2.75) is 20.5 Å². The standard InChI is InChI=1S/C23H23NO6/c1-15-4-10-20(16(2)12-15)29-13-19-9-11-21(30-19)23(26)24-17-5-7-18(8-6-17)28-14-22(25)27-3/h4-12H,13-14H2,1-3H3,(H,24,26). The smallest absolute Gasteiger partial charge is 0.343 e. The van der Waals surface area contributed by atoms with Crippen molar-refractivity contribution in [2.24, 2.45) is 0 Å². The number of amides is 1. The first-order valence-corrected chi connectivity index (χ1v) is 9.34. The molecule has 0 spiro atoms. The Labute approximate surface area is 174 Å². The fraction of sp³-hybridized carbons (Fsp3) is 0.217. The van der Waals surface area contributed by atoms with Crippen molar-refractivity contribution < 1.29 is 28.2 Å². The van der Waals surface area contributed by atoms with Crippen molar-refractivity contribution in [1.29, 1.82) is 0 Å². The maximum Gasteiger partial charge on any atom is 0.343 e. The average Bonchev–Trinajstić information content (AvgIpc) is 3.21. The molecule has 0 radical (unpaired) electrons. The summed E-state index contributed by atoms with van der Waals surface area (Å²) in [6.45, 7) is 4.05. The van der Waals surface area contributed by atoms with Crippen molar-refractivity contribution in [3.63, 3.8) is 0 Å². The van der Waals surface area contributed by atoms with Crippen molar-refractivity contribution in [3.05, 3.63) is 77.2 Å². The molecule has 0 aliphatic heterocycles. The lowest BCUT2D eigenvalue weighted by atomic mass is 10.1. The summed E-state index contributed by atoms with van der Waals surface area (Å²) < 4.78 is 21.1. The minimum Gasteiger partial charge on any atom is -0.485 e. The van der Waals surface area contributed by atoms with Gasteiger partial charge in [-0.05, 0) is 61.9 Å². The van der Waals surface area contributed by atoms with E-state index in [1.807, 2.05) is 32.0 Å². The summed E-state index contributed by atoms with van der Waals surface area (Å²) in [6, 6.07) is 15.9. The minimum absolute atomic E-state index is 0.179. The molecule has 1 heterocycles. The summed E-state index contributed by atoms with van der Waals surface area (Å²) >= 11 is 0. The highest BCUT2D eigenvalue weighted by Gasteiger charge is 2.12. The van der Waals surface area contributed by atoms with Crippen LogP contribution in [-0.2, 0) is 16.1 Å². The van der Waals surface area contributed by atoms with Gasteiger partial charge in [-0.25, -0.2) is 4.79 Å². The molecule has 0 saturated heterocycles. The molecule has 0 aliphatic carbocycles. The number of ether oxygens (including phenoxy) is 3. The summed E-state index contributed by atoms with van der Waals surface area (Å²) in [7, 11) is 1.29. The van der Waals surface area contributed by atoms with Gasteiger partial charge in [0.25, 0.3) is 5.91 Å². The summed E-state index contributed by atoms with van der Waals surface area (Å²) in [4.78, 5) is 23.5. The van der Waals surface area contributed by atoms with Crippen LogP contribution in [0.25, 0.3) is 0 Å². The maximum absolute atomic E-state index is 12.4. The number of hydrogen-bond acceptors (Lipinski definition) is 6. The SMILES string of the molecule is COC(=O)COc1ccc(NC(=O)c2ccc(COc3ccc(C)cc3C)o2)cc1. The quantitative estimate of drug-likeness (QED) is 0.559. The van der Waals surface area contributed by atoms with E-state index in [2.05, 4.69) is 10.1 Å². The molecule has 0 aliphatic rings. The zero-order valence-corrected chi connectivity index (χ0v) is 17.1. The van der Waals surface area contributed by atoms with Gasteiger partial charge in [0.15, 0.2) is 12.4 Å². The normalized spacial score (nSPS) is 10.4. The molecule has 2 aromatic carbocycles. The van der Waals surface area contributed by atoms with Crippen LogP contribution in [0.3, 0.4) is 0 Å². The van der Waals surface area contributed by atoms with Gasteiger partial charge in [0, 0.05) is 5.69 Å². The van der Waals surface area contributed by atoms with E-state index in [-0.39, 0.29) is 24.9 Å². The monoisotopic (exact) mass is 409 g/mol. The van der Waals surface area contributed by atoms with Crippen LogP contribution in [0, 0.1) is 13.8 Å². The molecule has 0 saturated carbocycles. The van der Waals surface area contributed by atoms with E-state index >= 15 is 0 Å². The van der Waals surface area contributed by atoms with Gasteiger partial charge in [0.05, 0.1) is 7.11 Å². The van der Waals surface area contributed by atoms with E-state index in [0.29, 0.717) is 17.2 Å². The summed E-state index contributed by atoms with van der Waals surface area (Å²) in [5.74, 6) is 1.14. The van der Waals surface area contributed by atoms with Gasteiger partial charge in [-0.15, -0.1) is 0 Å². The number of carbonyl (C=O) groups is 2. The van der Waals surface area contributed by atoms with Gasteiger partial charge in [-0.3, -0.25) is 4.79 Å². The Balaban J connectivity index is 1.53. The molecule has 7 heteroatoms. The fourth-order valence-electron chi connectivity index (χ4n) is 2.72. The lowest BCUT2D eigenvalue weighted by Gasteiger charge is -2.08. The van der Waals surface area contributed by atoms with Crippen LogP contribution in [-0.4, -0.2) is 25.6 Å². The zero-order chi connectivity index (χ0) is 21.5. The molecule has 0 fully saturated rings. The van der Waals surface area contributed by atoms with Crippen LogP contribution in [0.5, 0.6) is 11.5 Å². The minimum atomic E-state index is -0.470. The average molecular weight is 409 g/mol. The van der Waals surface area contributed by atoms with E-state index < -0.39 is 5.97 Å². The molecule has 1 N–H and O–H groups in total. The molecule has 0 bridgehead atoms. The summed E-state index contributed by atoms with van der Waals surface area (Å²) in [6.07, 6.45) is 0. The lowest BCUT2D eigenvalue weighted by Crippen LogP contribution is -2.13. The number of aryl methyl sites for hydroxylation is 2. The van der Waals surface area contributed by atoms with Crippen molar-refractivity contribution in [1.82, 2.24) is 0 Å². The number of benzene rings is 2.